The third kappa shape index (κ3) is 3.46. The van der Waals surface area contributed by atoms with Crippen molar-refractivity contribution in [2.45, 2.75) is 31.8 Å². The summed E-state index contributed by atoms with van der Waals surface area (Å²) in [5.74, 6) is 0.849. The van der Waals surface area contributed by atoms with Crippen molar-refractivity contribution in [1.29, 1.82) is 0 Å². The smallest absolute Gasteiger partial charge is 0.0220 e. The number of benzene rings is 2. The van der Waals surface area contributed by atoms with Gasteiger partial charge >= 0.3 is 0 Å². The summed E-state index contributed by atoms with van der Waals surface area (Å²) >= 11 is 3.58. The van der Waals surface area contributed by atoms with Crippen LogP contribution in [-0.4, -0.2) is 0 Å². The molecule has 0 heterocycles. The molecule has 0 radical (unpaired) electrons. The van der Waals surface area contributed by atoms with Crippen LogP contribution in [0.3, 0.4) is 0 Å². The summed E-state index contributed by atoms with van der Waals surface area (Å²) in [5.41, 5.74) is 4.17. The van der Waals surface area contributed by atoms with Crippen LogP contribution in [0, 0.1) is 0 Å². The Balaban J connectivity index is 1.53. The number of hydrogen-bond donors (Lipinski definition) is 1. The number of halogens is 1. The molecular weight excluding hydrogens is 298 g/mol. The van der Waals surface area contributed by atoms with Gasteiger partial charge in [0.1, 0.15) is 0 Å². The lowest BCUT2D eigenvalue weighted by atomic mass is 10.1. The fourth-order valence-electron chi connectivity index (χ4n) is 2.31. The third-order valence-electron chi connectivity index (χ3n) is 3.63. The Morgan fingerprint density at radius 3 is 2.37 bits per heavy atom. The fraction of sp³-hybridized carbons (Fsp3) is 0.294. The standard InChI is InChI=1S/C17H18BrN/c18-17-4-2-1-3-16(17)12-19-11-13-5-7-14(8-6-13)15-9-10-15/h1-8,15,19H,9-12H2. The van der Waals surface area contributed by atoms with Crippen molar-refractivity contribution in [2.24, 2.45) is 0 Å². The summed E-state index contributed by atoms with van der Waals surface area (Å²) in [4.78, 5) is 0. The Morgan fingerprint density at radius 2 is 1.68 bits per heavy atom. The van der Waals surface area contributed by atoms with Gasteiger partial charge < -0.3 is 5.32 Å². The first-order valence-corrected chi connectivity index (χ1v) is 7.65. The van der Waals surface area contributed by atoms with Crippen molar-refractivity contribution in [1.82, 2.24) is 5.32 Å². The van der Waals surface area contributed by atoms with Crippen LogP contribution in [-0.2, 0) is 13.1 Å². The van der Waals surface area contributed by atoms with Crippen LogP contribution >= 0.6 is 15.9 Å². The van der Waals surface area contributed by atoms with E-state index < -0.39 is 0 Å². The van der Waals surface area contributed by atoms with E-state index in [9.17, 15) is 0 Å². The first kappa shape index (κ1) is 12.9. The average Bonchev–Trinajstić information content (AvgIpc) is 3.26. The molecule has 3 rings (SSSR count). The quantitative estimate of drug-likeness (QED) is 0.849. The molecule has 1 aliphatic rings. The molecule has 0 spiro atoms. The van der Waals surface area contributed by atoms with Crippen molar-refractivity contribution in [3.05, 3.63) is 69.7 Å². The topological polar surface area (TPSA) is 12.0 Å². The number of nitrogens with one attached hydrogen (secondary N) is 1. The van der Waals surface area contributed by atoms with Crippen LogP contribution in [0.15, 0.2) is 53.0 Å². The normalized spacial score (nSPS) is 14.6. The second kappa shape index (κ2) is 5.89. The number of rotatable bonds is 5. The SMILES string of the molecule is Brc1ccccc1CNCc1ccc(C2CC2)cc1. The van der Waals surface area contributed by atoms with Gasteiger partial charge in [0.15, 0.2) is 0 Å². The van der Waals surface area contributed by atoms with E-state index in [1.807, 2.05) is 6.07 Å². The molecule has 0 saturated heterocycles. The van der Waals surface area contributed by atoms with E-state index in [0.717, 1.165) is 19.0 Å². The van der Waals surface area contributed by atoms with E-state index >= 15 is 0 Å². The lowest BCUT2D eigenvalue weighted by Crippen LogP contribution is -2.12. The Bertz CT molecular complexity index is 543. The minimum atomic E-state index is 0.849. The Hall–Kier alpha value is -1.12. The summed E-state index contributed by atoms with van der Waals surface area (Å²) in [5, 5.41) is 3.49. The monoisotopic (exact) mass is 315 g/mol. The lowest BCUT2D eigenvalue weighted by molar-refractivity contribution is 0.691. The predicted octanol–water partition coefficient (Wildman–Crippen LogP) is 4.62. The predicted molar refractivity (Wildman–Crippen MR) is 83.1 cm³/mol. The summed E-state index contributed by atoms with van der Waals surface area (Å²) in [6.07, 6.45) is 2.75. The van der Waals surface area contributed by atoms with Crippen LogP contribution in [0.25, 0.3) is 0 Å². The molecule has 0 amide bonds. The first-order valence-electron chi connectivity index (χ1n) is 6.86. The molecule has 0 bridgehead atoms. The van der Waals surface area contributed by atoms with Crippen molar-refractivity contribution in [2.75, 3.05) is 0 Å². The van der Waals surface area contributed by atoms with Gasteiger partial charge in [-0.3, -0.25) is 0 Å². The minimum absolute atomic E-state index is 0.849. The van der Waals surface area contributed by atoms with Gasteiger partial charge in [0, 0.05) is 17.6 Å². The Labute approximate surface area is 123 Å². The highest BCUT2D eigenvalue weighted by Crippen LogP contribution is 2.39. The van der Waals surface area contributed by atoms with E-state index in [1.54, 1.807) is 0 Å². The molecule has 1 aliphatic carbocycles. The van der Waals surface area contributed by atoms with Crippen LogP contribution in [0.5, 0.6) is 0 Å². The second-order valence-corrected chi connectivity index (χ2v) is 6.07. The van der Waals surface area contributed by atoms with Crippen molar-refractivity contribution >= 4 is 15.9 Å². The molecule has 0 aromatic heterocycles. The molecule has 0 aliphatic heterocycles. The zero-order valence-electron chi connectivity index (χ0n) is 10.9. The van der Waals surface area contributed by atoms with Crippen LogP contribution in [0.2, 0.25) is 0 Å². The van der Waals surface area contributed by atoms with Crippen LogP contribution < -0.4 is 5.32 Å². The molecule has 2 aromatic carbocycles. The Morgan fingerprint density at radius 1 is 0.947 bits per heavy atom. The maximum atomic E-state index is 3.58. The minimum Gasteiger partial charge on any atom is -0.309 e. The average molecular weight is 316 g/mol. The van der Waals surface area contributed by atoms with Gasteiger partial charge in [-0.25, -0.2) is 0 Å². The van der Waals surface area contributed by atoms with Gasteiger partial charge in [-0.05, 0) is 41.5 Å². The van der Waals surface area contributed by atoms with Crippen LogP contribution in [0.1, 0.15) is 35.4 Å². The van der Waals surface area contributed by atoms with Gasteiger partial charge in [-0.15, -0.1) is 0 Å². The Kier molecular flexibility index (Phi) is 4.00. The molecule has 1 fully saturated rings. The van der Waals surface area contributed by atoms with Gasteiger partial charge in [0.25, 0.3) is 0 Å². The molecule has 1 N–H and O–H groups in total. The summed E-state index contributed by atoms with van der Waals surface area (Å²) in [6.45, 7) is 1.82. The summed E-state index contributed by atoms with van der Waals surface area (Å²) in [6, 6.07) is 17.4. The molecule has 0 atom stereocenters. The molecule has 1 nitrogen and oxygen atoms in total. The molecule has 2 heteroatoms. The van der Waals surface area contributed by atoms with Crippen molar-refractivity contribution in [3.63, 3.8) is 0 Å². The van der Waals surface area contributed by atoms with E-state index in [2.05, 4.69) is 63.7 Å². The van der Waals surface area contributed by atoms with E-state index in [-0.39, 0.29) is 0 Å². The van der Waals surface area contributed by atoms with Gasteiger partial charge in [-0.2, -0.15) is 0 Å². The summed E-state index contributed by atoms with van der Waals surface area (Å²) in [7, 11) is 0. The molecule has 98 valence electrons. The van der Waals surface area contributed by atoms with Crippen LogP contribution in [0.4, 0.5) is 0 Å². The zero-order valence-corrected chi connectivity index (χ0v) is 12.5. The molecule has 0 unspecified atom stereocenters. The highest BCUT2D eigenvalue weighted by molar-refractivity contribution is 9.10. The zero-order chi connectivity index (χ0) is 13.1. The van der Waals surface area contributed by atoms with Gasteiger partial charge in [0.2, 0.25) is 0 Å². The fourth-order valence-corrected chi connectivity index (χ4v) is 2.73. The van der Waals surface area contributed by atoms with Gasteiger partial charge in [0.05, 0.1) is 0 Å². The molecule has 19 heavy (non-hydrogen) atoms. The highest BCUT2D eigenvalue weighted by atomic mass is 79.9. The maximum Gasteiger partial charge on any atom is 0.0220 e. The summed E-state index contributed by atoms with van der Waals surface area (Å²) < 4.78 is 1.17. The first-order chi connectivity index (χ1) is 9.33. The maximum absolute atomic E-state index is 3.58. The molecule has 1 saturated carbocycles. The van der Waals surface area contributed by atoms with Crippen molar-refractivity contribution in [3.8, 4) is 0 Å². The van der Waals surface area contributed by atoms with E-state index in [0.29, 0.717) is 0 Å². The molecule has 2 aromatic rings. The van der Waals surface area contributed by atoms with Crippen molar-refractivity contribution < 1.29 is 0 Å². The van der Waals surface area contributed by atoms with E-state index in [1.165, 1.54) is 34.0 Å². The van der Waals surface area contributed by atoms with Gasteiger partial charge in [-0.1, -0.05) is 58.4 Å². The highest BCUT2D eigenvalue weighted by Gasteiger charge is 2.22. The largest absolute Gasteiger partial charge is 0.309 e. The lowest BCUT2D eigenvalue weighted by Gasteiger charge is -2.07. The third-order valence-corrected chi connectivity index (χ3v) is 4.40. The second-order valence-electron chi connectivity index (χ2n) is 5.21. The number of hydrogen-bond acceptors (Lipinski definition) is 1. The van der Waals surface area contributed by atoms with E-state index in [4.69, 9.17) is 0 Å². The molecular formula is C17H18BrN.